The maximum Gasteiger partial charge on any atom is 0.0832 e. The van der Waals surface area contributed by atoms with Gasteiger partial charge in [-0.25, -0.2) is 0 Å². The number of fused-ring (bicyclic) bond motifs is 7. The van der Waals surface area contributed by atoms with E-state index in [4.69, 9.17) is 4.74 Å². The lowest BCUT2D eigenvalue weighted by Crippen LogP contribution is -1.97. The molecule has 6 rings (SSSR count). The quantitative estimate of drug-likeness (QED) is 0.292. The van der Waals surface area contributed by atoms with Crippen LogP contribution in [0.4, 0.5) is 0 Å². The van der Waals surface area contributed by atoms with E-state index in [0.29, 0.717) is 0 Å². The Morgan fingerprint density at radius 3 is 2.19 bits per heavy atom. The largest absolute Gasteiger partial charge is 0.374 e. The summed E-state index contributed by atoms with van der Waals surface area (Å²) in [7, 11) is 0. The van der Waals surface area contributed by atoms with E-state index in [0.717, 1.165) is 19.4 Å². The third kappa shape index (κ3) is 2.22. The Balaban J connectivity index is 1.75. The lowest BCUT2D eigenvalue weighted by atomic mass is 9.91. The van der Waals surface area contributed by atoms with Crippen molar-refractivity contribution in [3.63, 3.8) is 0 Å². The predicted octanol–water partition coefficient (Wildman–Crippen LogP) is 7.15. The molecule has 0 bridgehead atoms. The molecule has 1 heterocycles. The molecule has 1 saturated heterocycles. The van der Waals surface area contributed by atoms with Crippen molar-refractivity contribution < 1.29 is 4.74 Å². The second-order valence-corrected chi connectivity index (χ2v) is 7.56. The van der Waals surface area contributed by atoms with Gasteiger partial charge in [0.1, 0.15) is 0 Å². The molecule has 1 unspecified atom stereocenters. The fourth-order valence-corrected chi connectivity index (χ4v) is 4.81. The highest BCUT2D eigenvalue weighted by atomic mass is 16.5. The van der Waals surface area contributed by atoms with Crippen molar-refractivity contribution in [1.82, 2.24) is 0 Å². The topological polar surface area (TPSA) is 9.23 Å². The lowest BCUT2D eigenvalue weighted by Gasteiger charge is -2.16. The molecule has 1 aliphatic heterocycles. The van der Waals surface area contributed by atoms with Crippen LogP contribution in [0.2, 0.25) is 0 Å². The number of ether oxygens (including phenoxy) is 1. The zero-order chi connectivity index (χ0) is 17.8. The first kappa shape index (κ1) is 15.2. The molecule has 1 aliphatic rings. The van der Waals surface area contributed by atoms with Crippen LogP contribution in [-0.2, 0) is 4.74 Å². The first-order valence-corrected chi connectivity index (χ1v) is 9.77. The van der Waals surface area contributed by atoms with Gasteiger partial charge in [-0.2, -0.15) is 0 Å². The number of rotatable bonds is 1. The van der Waals surface area contributed by atoms with Gasteiger partial charge in [-0.1, -0.05) is 78.9 Å². The Hall–Kier alpha value is -2.90. The van der Waals surface area contributed by atoms with Gasteiger partial charge in [-0.3, -0.25) is 0 Å². The van der Waals surface area contributed by atoms with Gasteiger partial charge in [0.25, 0.3) is 0 Å². The highest BCUT2D eigenvalue weighted by Crippen LogP contribution is 2.39. The minimum atomic E-state index is 0.228. The molecule has 1 fully saturated rings. The molecular formula is C26H20O. The summed E-state index contributed by atoms with van der Waals surface area (Å²) in [6.45, 7) is 0.876. The molecule has 0 aliphatic carbocycles. The molecule has 5 aromatic rings. The molecule has 5 aromatic carbocycles. The van der Waals surface area contributed by atoms with Gasteiger partial charge in [0.2, 0.25) is 0 Å². The SMILES string of the molecule is c1ccc2c(c1)ccc1c2ccc2c1ccc1cccc(C3CCCO3)c12. The minimum absolute atomic E-state index is 0.228. The third-order valence-electron chi connectivity index (χ3n) is 6.07. The molecule has 0 saturated carbocycles. The summed E-state index contributed by atoms with van der Waals surface area (Å²) in [5.74, 6) is 0. The van der Waals surface area contributed by atoms with Gasteiger partial charge in [0.15, 0.2) is 0 Å². The molecule has 1 atom stereocenters. The molecule has 1 heteroatoms. The summed E-state index contributed by atoms with van der Waals surface area (Å²) in [4.78, 5) is 0. The van der Waals surface area contributed by atoms with Crippen molar-refractivity contribution in [3.05, 3.63) is 84.4 Å². The van der Waals surface area contributed by atoms with Crippen LogP contribution in [0.15, 0.2) is 78.9 Å². The molecule has 1 nitrogen and oxygen atoms in total. The Kier molecular flexibility index (Phi) is 3.26. The average molecular weight is 348 g/mol. The summed E-state index contributed by atoms with van der Waals surface area (Å²) < 4.78 is 6.04. The summed E-state index contributed by atoms with van der Waals surface area (Å²) in [6.07, 6.45) is 2.50. The Morgan fingerprint density at radius 1 is 0.593 bits per heavy atom. The van der Waals surface area contributed by atoms with Gasteiger partial charge < -0.3 is 4.74 Å². The van der Waals surface area contributed by atoms with Crippen molar-refractivity contribution in [1.29, 1.82) is 0 Å². The summed E-state index contributed by atoms with van der Waals surface area (Å²) in [5, 5.41) is 10.6. The van der Waals surface area contributed by atoms with E-state index in [1.165, 1.54) is 48.7 Å². The molecule has 27 heavy (non-hydrogen) atoms. The zero-order valence-corrected chi connectivity index (χ0v) is 15.1. The minimum Gasteiger partial charge on any atom is -0.374 e. The van der Waals surface area contributed by atoms with E-state index in [1.807, 2.05) is 0 Å². The normalized spacial score (nSPS) is 17.4. The molecule has 130 valence electrons. The van der Waals surface area contributed by atoms with Gasteiger partial charge >= 0.3 is 0 Å². The van der Waals surface area contributed by atoms with Gasteiger partial charge in [0, 0.05) is 6.61 Å². The monoisotopic (exact) mass is 348 g/mol. The average Bonchev–Trinajstić information content (AvgIpc) is 3.27. The van der Waals surface area contributed by atoms with E-state index in [-0.39, 0.29) is 6.10 Å². The maximum absolute atomic E-state index is 6.04. The van der Waals surface area contributed by atoms with Crippen molar-refractivity contribution in [2.24, 2.45) is 0 Å². The second-order valence-electron chi connectivity index (χ2n) is 7.56. The molecule has 0 radical (unpaired) electrons. The summed E-state index contributed by atoms with van der Waals surface area (Å²) in [5.41, 5.74) is 1.34. The van der Waals surface area contributed by atoms with E-state index in [9.17, 15) is 0 Å². The summed E-state index contributed by atoms with van der Waals surface area (Å²) in [6, 6.07) is 29.0. The summed E-state index contributed by atoms with van der Waals surface area (Å²) >= 11 is 0. The van der Waals surface area contributed by atoms with Crippen molar-refractivity contribution in [2.75, 3.05) is 6.61 Å². The van der Waals surface area contributed by atoms with E-state index < -0.39 is 0 Å². The zero-order valence-electron chi connectivity index (χ0n) is 15.1. The molecule has 0 aromatic heterocycles. The van der Waals surface area contributed by atoms with E-state index in [2.05, 4.69) is 78.9 Å². The van der Waals surface area contributed by atoms with Crippen LogP contribution in [-0.4, -0.2) is 6.61 Å². The first-order valence-electron chi connectivity index (χ1n) is 9.77. The fraction of sp³-hybridized carbons (Fsp3) is 0.154. The third-order valence-corrected chi connectivity index (χ3v) is 6.07. The molecule has 0 amide bonds. The highest BCUT2D eigenvalue weighted by molar-refractivity contribution is 6.22. The highest BCUT2D eigenvalue weighted by Gasteiger charge is 2.21. The fourth-order valence-electron chi connectivity index (χ4n) is 4.81. The molecule has 0 spiro atoms. The Labute approximate surface area is 158 Å². The Bertz CT molecular complexity index is 1330. The van der Waals surface area contributed by atoms with Crippen LogP contribution >= 0.6 is 0 Å². The maximum atomic E-state index is 6.04. The van der Waals surface area contributed by atoms with Crippen LogP contribution in [0.25, 0.3) is 43.1 Å². The van der Waals surface area contributed by atoms with Crippen molar-refractivity contribution in [2.45, 2.75) is 18.9 Å². The van der Waals surface area contributed by atoms with Crippen molar-refractivity contribution in [3.8, 4) is 0 Å². The van der Waals surface area contributed by atoms with E-state index >= 15 is 0 Å². The van der Waals surface area contributed by atoms with Crippen LogP contribution in [0.1, 0.15) is 24.5 Å². The Morgan fingerprint density at radius 2 is 1.30 bits per heavy atom. The molecule has 0 N–H and O–H groups in total. The van der Waals surface area contributed by atoms with Crippen molar-refractivity contribution >= 4 is 43.1 Å². The van der Waals surface area contributed by atoms with Gasteiger partial charge in [0.05, 0.1) is 6.10 Å². The standard InChI is InChI=1S/C26H20O/c1-2-7-19-17(5-1)10-12-21-20(19)14-15-23-22(21)13-11-18-6-3-8-24(26(18)23)25-9-4-16-27-25/h1-3,5-8,10-15,25H,4,9,16H2. The van der Waals surface area contributed by atoms with Crippen LogP contribution in [0, 0.1) is 0 Å². The van der Waals surface area contributed by atoms with Crippen LogP contribution < -0.4 is 0 Å². The molecular weight excluding hydrogens is 328 g/mol. The lowest BCUT2D eigenvalue weighted by molar-refractivity contribution is 0.113. The number of benzene rings is 5. The van der Waals surface area contributed by atoms with Crippen LogP contribution in [0.5, 0.6) is 0 Å². The number of hydrogen-bond donors (Lipinski definition) is 0. The smallest absolute Gasteiger partial charge is 0.0832 e. The van der Waals surface area contributed by atoms with E-state index in [1.54, 1.807) is 0 Å². The van der Waals surface area contributed by atoms with Gasteiger partial charge in [-0.15, -0.1) is 0 Å². The van der Waals surface area contributed by atoms with Gasteiger partial charge in [-0.05, 0) is 61.5 Å². The first-order chi connectivity index (χ1) is 13.4. The predicted molar refractivity (Wildman–Crippen MR) is 114 cm³/mol. The second kappa shape index (κ2) is 5.80. The van der Waals surface area contributed by atoms with Crippen LogP contribution in [0.3, 0.4) is 0 Å². The number of hydrogen-bond acceptors (Lipinski definition) is 1.